The maximum absolute atomic E-state index is 13.6. The summed E-state index contributed by atoms with van der Waals surface area (Å²) in [7, 11) is 0. The first-order valence-corrected chi connectivity index (χ1v) is 13.2. The Morgan fingerprint density at radius 2 is 1.73 bits per heavy atom. The number of hydrogen-bond acceptors (Lipinski definition) is 7. The largest absolute Gasteiger partial charge is 0.494 e. The number of esters is 1. The van der Waals surface area contributed by atoms with Crippen molar-refractivity contribution in [2.24, 2.45) is 4.99 Å². The van der Waals surface area contributed by atoms with Crippen LogP contribution in [0.1, 0.15) is 34.5 Å². The third-order valence-corrected chi connectivity index (χ3v) is 6.98. The molecule has 5 rings (SSSR count). The van der Waals surface area contributed by atoms with Crippen LogP contribution >= 0.6 is 0 Å². The molecule has 0 amide bonds. The van der Waals surface area contributed by atoms with Gasteiger partial charge in [0.25, 0.3) is 5.56 Å². The number of halogens is 1. The molecule has 0 saturated carbocycles. The van der Waals surface area contributed by atoms with E-state index >= 15 is 0 Å². The van der Waals surface area contributed by atoms with E-state index in [4.69, 9.17) is 14.5 Å². The van der Waals surface area contributed by atoms with Crippen LogP contribution in [0.15, 0.2) is 82.6 Å². The number of ether oxygens (including phenoxy) is 2. The van der Waals surface area contributed by atoms with Gasteiger partial charge in [-0.2, -0.15) is 0 Å². The maximum Gasteiger partial charge on any atom is 0.338 e. The van der Waals surface area contributed by atoms with Gasteiger partial charge in [0.1, 0.15) is 5.82 Å². The van der Waals surface area contributed by atoms with Crippen LogP contribution < -0.4 is 5.56 Å². The number of fused-ring (bicyclic) bond motifs is 1. The van der Waals surface area contributed by atoms with Crippen molar-refractivity contribution in [1.82, 2.24) is 9.47 Å². The second-order valence-electron chi connectivity index (χ2n) is 9.40. The number of morpholine rings is 1. The molecular formula is C31H30FN3O5. The zero-order valence-electron chi connectivity index (χ0n) is 22.1. The quantitative estimate of drug-likeness (QED) is 0.260. The third-order valence-electron chi connectivity index (χ3n) is 6.98. The molecule has 8 nitrogen and oxygen atoms in total. The minimum Gasteiger partial charge on any atom is -0.494 e. The number of benzene rings is 3. The molecule has 206 valence electrons. The average molecular weight is 544 g/mol. The molecule has 1 atom stereocenters. The number of pyridine rings is 1. The van der Waals surface area contributed by atoms with E-state index in [1.165, 1.54) is 16.7 Å². The van der Waals surface area contributed by atoms with E-state index in [1.807, 2.05) is 0 Å². The lowest BCUT2D eigenvalue weighted by atomic mass is 10.0. The minimum absolute atomic E-state index is 0.115. The fraction of sp³-hybridized carbons (Fsp3) is 0.258. The summed E-state index contributed by atoms with van der Waals surface area (Å²) in [6.07, 6.45) is 1.58. The van der Waals surface area contributed by atoms with E-state index in [1.54, 1.807) is 73.8 Å². The van der Waals surface area contributed by atoms with Gasteiger partial charge in [0, 0.05) is 30.1 Å². The summed E-state index contributed by atoms with van der Waals surface area (Å²) in [5.74, 6) is -1.03. The van der Waals surface area contributed by atoms with Crippen LogP contribution in [0.3, 0.4) is 0 Å². The van der Waals surface area contributed by atoms with Gasteiger partial charge in [0.15, 0.2) is 0 Å². The molecule has 0 radical (unpaired) electrons. The van der Waals surface area contributed by atoms with Gasteiger partial charge in [-0.1, -0.05) is 30.3 Å². The molecule has 1 saturated heterocycles. The van der Waals surface area contributed by atoms with Crippen LogP contribution in [-0.2, 0) is 9.47 Å². The van der Waals surface area contributed by atoms with Gasteiger partial charge in [-0.15, -0.1) is 0 Å². The monoisotopic (exact) mass is 543 g/mol. The predicted molar refractivity (Wildman–Crippen MR) is 151 cm³/mol. The van der Waals surface area contributed by atoms with Crippen molar-refractivity contribution in [2.75, 3.05) is 39.5 Å². The SMILES string of the molecule is CCOC(=O)c1ccc(-n2c(O)c(C=NC[C@@H](c3ccc(F)cc3)N3CCOCC3)c3ccccc3c2=O)cc1. The Morgan fingerprint density at radius 3 is 2.40 bits per heavy atom. The molecule has 4 aromatic rings. The van der Waals surface area contributed by atoms with Crippen LogP contribution in [0.2, 0.25) is 0 Å². The smallest absolute Gasteiger partial charge is 0.338 e. The average Bonchev–Trinajstić information content (AvgIpc) is 2.98. The highest BCUT2D eigenvalue weighted by Crippen LogP contribution is 2.27. The molecule has 40 heavy (non-hydrogen) atoms. The van der Waals surface area contributed by atoms with Crippen LogP contribution in [0.4, 0.5) is 4.39 Å². The number of nitrogens with zero attached hydrogens (tertiary/aromatic N) is 3. The highest BCUT2D eigenvalue weighted by molar-refractivity contribution is 6.01. The summed E-state index contributed by atoms with van der Waals surface area (Å²) in [6, 6.07) is 19.6. The number of carbonyl (C=O) groups excluding carboxylic acids is 1. The molecule has 1 aromatic heterocycles. The number of aromatic nitrogens is 1. The van der Waals surface area contributed by atoms with Gasteiger partial charge < -0.3 is 14.6 Å². The lowest BCUT2D eigenvalue weighted by Gasteiger charge is -2.34. The Labute approximate surface area is 230 Å². The second-order valence-corrected chi connectivity index (χ2v) is 9.40. The zero-order chi connectivity index (χ0) is 28.1. The molecule has 1 aliphatic heterocycles. The zero-order valence-corrected chi connectivity index (χ0v) is 22.1. The molecule has 0 spiro atoms. The third kappa shape index (κ3) is 5.66. The normalized spacial score (nSPS) is 14.9. The summed E-state index contributed by atoms with van der Waals surface area (Å²) in [6.45, 7) is 4.98. The minimum atomic E-state index is -0.465. The number of carbonyl (C=O) groups is 1. The first kappa shape index (κ1) is 27.2. The van der Waals surface area contributed by atoms with Crippen LogP contribution in [0.5, 0.6) is 5.88 Å². The van der Waals surface area contributed by atoms with E-state index in [0.29, 0.717) is 47.3 Å². The molecule has 9 heteroatoms. The van der Waals surface area contributed by atoms with Crippen molar-refractivity contribution < 1.29 is 23.8 Å². The Kier molecular flexibility index (Phi) is 8.33. The Balaban J connectivity index is 1.52. The van der Waals surface area contributed by atoms with Gasteiger partial charge in [-0.05, 0) is 55.0 Å². The molecule has 0 bridgehead atoms. The summed E-state index contributed by atoms with van der Waals surface area (Å²) in [5.41, 5.74) is 1.67. The van der Waals surface area contributed by atoms with Gasteiger partial charge in [-0.3, -0.25) is 14.7 Å². The van der Waals surface area contributed by atoms with Crippen molar-refractivity contribution in [2.45, 2.75) is 13.0 Å². The van der Waals surface area contributed by atoms with Crippen LogP contribution in [-0.4, -0.2) is 66.2 Å². The highest BCUT2D eigenvalue weighted by atomic mass is 19.1. The molecule has 2 heterocycles. The van der Waals surface area contributed by atoms with Crippen molar-refractivity contribution in [3.05, 3.63) is 106 Å². The molecule has 3 aromatic carbocycles. The van der Waals surface area contributed by atoms with E-state index in [-0.39, 0.29) is 24.3 Å². The molecule has 1 aliphatic rings. The summed E-state index contributed by atoms with van der Waals surface area (Å²) in [4.78, 5) is 32.5. The first-order valence-electron chi connectivity index (χ1n) is 13.2. The topological polar surface area (TPSA) is 93.4 Å². The van der Waals surface area contributed by atoms with Gasteiger partial charge >= 0.3 is 5.97 Å². The Hall–Kier alpha value is -4.34. The lowest BCUT2D eigenvalue weighted by Crippen LogP contribution is -2.40. The maximum atomic E-state index is 13.6. The number of hydrogen-bond donors (Lipinski definition) is 1. The second kappa shape index (κ2) is 12.2. The summed E-state index contributed by atoms with van der Waals surface area (Å²) in [5, 5.41) is 12.3. The van der Waals surface area contributed by atoms with E-state index < -0.39 is 11.5 Å². The van der Waals surface area contributed by atoms with E-state index in [9.17, 15) is 19.1 Å². The first-order chi connectivity index (χ1) is 19.5. The van der Waals surface area contributed by atoms with Crippen molar-refractivity contribution in [3.63, 3.8) is 0 Å². The summed E-state index contributed by atoms with van der Waals surface area (Å²) < 4.78 is 25.4. The van der Waals surface area contributed by atoms with E-state index in [2.05, 4.69) is 4.90 Å². The summed E-state index contributed by atoms with van der Waals surface area (Å²) >= 11 is 0. The van der Waals surface area contributed by atoms with Crippen LogP contribution in [0, 0.1) is 5.82 Å². The van der Waals surface area contributed by atoms with Crippen molar-refractivity contribution >= 4 is 23.0 Å². The fourth-order valence-corrected chi connectivity index (χ4v) is 4.94. The molecule has 1 N–H and O–H groups in total. The van der Waals surface area contributed by atoms with E-state index in [0.717, 1.165) is 18.7 Å². The van der Waals surface area contributed by atoms with Gasteiger partial charge in [0.05, 0.1) is 49.2 Å². The van der Waals surface area contributed by atoms with Crippen molar-refractivity contribution in [1.29, 1.82) is 0 Å². The van der Waals surface area contributed by atoms with Gasteiger partial charge in [0.2, 0.25) is 5.88 Å². The molecule has 0 unspecified atom stereocenters. The Bertz CT molecular complexity index is 1580. The Morgan fingerprint density at radius 1 is 1.05 bits per heavy atom. The fourth-order valence-electron chi connectivity index (χ4n) is 4.94. The van der Waals surface area contributed by atoms with Crippen LogP contribution in [0.25, 0.3) is 16.5 Å². The molecular weight excluding hydrogens is 513 g/mol. The predicted octanol–water partition coefficient (Wildman–Crippen LogP) is 4.50. The number of aliphatic imine (C=N–C) groups is 1. The van der Waals surface area contributed by atoms with Crippen molar-refractivity contribution in [3.8, 4) is 11.6 Å². The van der Waals surface area contributed by atoms with Gasteiger partial charge in [-0.25, -0.2) is 13.8 Å². The number of rotatable bonds is 8. The molecule has 1 fully saturated rings. The number of aromatic hydroxyl groups is 1. The highest BCUT2D eigenvalue weighted by Gasteiger charge is 2.23. The lowest BCUT2D eigenvalue weighted by molar-refractivity contribution is 0.0180. The molecule has 0 aliphatic carbocycles. The standard InChI is InChI=1S/C31H30FN3O5/c1-2-40-31(38)22-9-13-24(14-10-22)35-29(36)26-6-4-3-5-25(26)27(30(35)37)19-33-20-28(34-15-17-39-18-16-34)21-7-11-23(32)12-8-21/h3-14,19,28,37H,2,15-18,20H2,1H3/t28-/m0/s1.